The van der Waals surface area contributed by atoms with Crippen LogP contribution in [0.15, 0.2) is 28.3 Å². The minimum Gasteiger partial charge on any atom is -0.452 e. The molecule has 8 nitrogen and oxygen atoms in total. The van der Waals surface area contributed by atoms with E-state index in [4.69, 9.17) is 4.74 Å². The summed E-state index contributed by atoms with van der Waals surface area (Å²) in [6, 6.07) is 0.258. The van der Waals surface area contributed by atoms with E-state index in [1.54, 1.807) is 17.2 Å². The number of likely N-dealkylation sites (tertiary alicyclic amines) is 1. The van der Waals surface area contributed by atoms with Crippen LogP contribution in [0.5, 0.6) is 0 Å². The fraction of sp³-hybridized carbons (Fsp3) is 0.632. The van der Waals surface area contributed by atoms with E-state index in [9.17, 15) is 18.0 Å². The lowest BCUT2D eigenvalue weighted by Gasteiger charge is -2.44. The van der Waals surface area contributed by atoms with Gasteiger partial charge < -0.3 is 14.5 Å². The maximum atomic E-state index is 12.7. The molecular formula is C19H25N3O5S. The first kappa shape index (κ1) is 19.2. The summed E-state index contributed by atoms with van der Waals surface area (Å²) in [7, 11) is -3.59. The molecular weight excluding hydrogens is 382 g/mol. The van der Waals surface area contributed by atoms with Crippen LogP contribution in [0, 0.1) is 5.92 Å². The molecule has 3 heterocycles. The van der Waals surface area contributed by atoms with Gasteiger partial charge in [0, 0.05) is 25.3 Å². The van der Waals surface area contributed by atoms with Crippen molar-refractivity contribution in [1.29, 1.82) is 0 Å². The molecule has 1 saturated carbocycles. The van der Waals surface area contributed by atoms with Gasteiger partial charge in [-0.15, -0.1) is 4.40 Å². The van der Waals surface area contributed by atoms with Crippen LogP contribution in [0.3, 0.4) is 0 Å². The number of ether oxygens (including phenoxy) is 1. The molecule has 1 saturated heterocycles. The summed E-state index contributed by atoms with van der Waals surface area (Å²) in [6.07, 6.45) is 11.5. The van der Waals surface area contributed by atoms with E-state index in [0.29, 0.717) is 12.5 Å². The van der Waals surface area contributed by atoms with Crippen molar-refractivity contribution < 1.29 is 22.7 Å². The Hall–Kier alpha value is -2.16. The molecule has 1 aliphatic carbocycles. The van der Waals surface area contributed by atoms with E-state index >= 15 is 0 Å². The lowest BCUT2D eigenvalue weighted by molar-refractivity contribution is -0.152. The second-order valence-electron chi connectivity index (χ2n) is 7.73. The van der Waals surface area contributed by atoms with Crippen LogP contribution >= 0.6 is 0 Å². The van der Waals surface area contributed by atoms with Crippen LogP contribution in [-0.4, -0.2) is 67.4 Å². The first-order valence-electron chi connectivity index (χ1n) is 9.89. The van der Waals surface area contributed by atoms with Gasteiger partial charge in [-0.3, -0.25) is 4.79 Å². The number of amidine groups is 1. The smallest absolute Gasteiger partial charge is 0.342 e. The number of fused-ring (bicyclic) bond motifs is 2. The molecule has 0 aromatic rings. The van der Waals surface area contributed by atoms with E-state index in [2.05, 4.69) is 4.40 Å². The van der Waals surface area contributed by atoms with E-state index in [1.165, 1.54) is 12.5 Å². The highest BCUT2D eigenvalue weighted by atomic mass is 32.2. The standard InChI is InChI=1S/C19H25N3O5S/c23-17(22-10-3-6-14-5-1-2-8-16(14)22)13-27-19(24)15-7-4-9-21-11-12-28(25,26)20-18(15)21/h4,7,9,14,16H,1-3,5-6,8,10-13H2/t14-,16+/m1/s1. The van der Waals surface area contributed by atoms with Crippen molar-refractivity contribution in [3.05, 3.63) is 23.9 Å². The Morgan fingerprint density at radius 2 is 1.93 bits per heavy atom. The maximum Gasteiger partial charge on any atom is 0.342 e. The van der Waals surface area contributed by atoms with Gasteiger partial charge in [0.25, 0.3) is 15.9 Å². The molecule has 1 amide bonds. The predicted octanol–water partition coefficient (Wildman–Crippen LogP) is 1.21. The van der Waals surface area contributed by atoms with Crippen molar-refractivity contribution in [2.75, 3.05) is 25.4 Å². The molecule has 3 aliphatic heterocycles. The van der Waals surface area contributed by atoms with Gasteiger partial charge in [-0.1, -0.05) is 12.8 Å². The second kappa shape index (κ2) is 7.69. The van der Waals surface area contributed by atoms with Crippen LogP contribution in [0.1, 0.15) is 38.5 Å². The zero-order chi connectivity index (χ0) is 19.7. The number of sulfonamides is 1. The summed E-state index contributed by atoms with van der Waals surface area (Å²) in [5.74, 6) is -0.373. The summed E-state index contributed by atoms with van der Waals surface area (Å²) in [5.41, 5.74) is 0.0627. The number of allylic oxidation sites excluding steroid dienone is 2. The molecule has 0 N–H and O–H groups in total. The first-order chi connectivity index (χ1) is 13.4. The summed E-state index contributed by atoms with van der Waals surface area (Å²) in [6.45, 7) is 0.614. The number of hydrogen-bond acceptors (Lipinski definition) is 6. The number of esters is 1. The second-order valence-corrected chi connectivity index (χ2v) is 9.49. The van der Waals surface area contributed by atoms with Gasteiger partial charge in [0.15, 0.2) is 12.4 Å². The lowest BCUT2D eigenvalue weighted by Crippen LogP contribution is -2.51. The Balaban J connectivity index is 1.41. The molecule has 4 aliphatic rings. The third-order valence-electron chi connectivity index (χ3n) is 5.97. The topological polar surface area (TPSA) is 96.4 Å². The molecule has 0 bridgehead atoms. The van der Waals surface area contributed by atoms with E-state index in [-0.39, 0.29) is 42.3 Å². The quantitative estimate of drug-likeness (QED) is 0.653. The van der Waals surface area contributed by atoms with Gasteiger partial charge in [-0.2, -0.15) is 0 Å². The molecule has 28 heavy (non-hydrogen) atoms. The van der Waals surface area contributed by atoms with Gasteiger partial charge in [0.1, 0.15) is 5.57 Å². The van der Waals surface area contributed by atoms with Gasteiger partial charge >= 0.3 is 5.97 Å². The number of nitrogens with zero attached hydrogens (tertiary/aromatic N) is 3. The Morgan fingerprint density at radius 3 is 2.79 bits per heavy atom. The van der Waals surface area contributed by atoms with E-state index in [0.717, 1.165) is 32.1 Å². The number of carbonyl (C=O) groups excluding carboxylic acids is 2. The van der Waals surface area contributed by atoms with Crippen molar-refractivity contribution in [2.24, 2.45) is 10.3 Å². The third-order valence-corrected chi connectivity index (χ3v) is 7.12. The summed E-state index contributed by atoms with van der Waals surface area (Å²) < 4.78 is 32.6. The Kier molecular flexibility index (Phi) is 5.27. The minimum atomic E-state index is -3.59. The van der Waals surface area contributed by atoms with Crippen molar-refractivity contribution in [3.63, 3.8) is 0 Å². The third kappa shape index (κ3) is 3.85. The van der Waals surface area contributed by atoms with Crippen LogP contribution in [0.25, 0.3) is 0 Å². The largest absolute Gasteiger partial charge is 0.452 e. The van der Waals surface area contributed by atoms with Crippen LogP contribution in [-0.2, 0) is 24.3 Å². The highest BCUT2D eigenvalue weighted by Gasteiger charge is 2.36. The number of piperidine rings is 1. The predicted molar refractivity (Wildman–Crippen MR) is 103 cm³/mol. The number of rotatable bonds is 3. The average molecular weight is 407 g/mol. The van der Waals surface area contributed by atoms with Crippen molar-refractivity contribution in [1.82, 2.24) is 9.80 Å². The maximum absolute atomic E-state index is 12.7. The highest BCUT2D eigenvalue weighted by Crippen LogP contribution is 2.35. The van der Waals surface area contributed by atoms with E-state index < -0.39 is 16.0 Å². The Bertz CT molecular complexity index is 859. The zero-order valence-electron chi connectivity index (χ0n) is 15.7. The summed E-state index contributed by atoms with van der Waals surface area (Å²) >= 11 is 0. The summed E-state index contributed by atoms with van der Waals surface area (Å²) in [5, 5.41) is 0. The molecule has 152 valence electrons. The zero-order valence-corrected chi connectivity index (χ0v) is 16.6. The first-order valence-corrected chi connectivity index (χ1v) is 11.5. The SMILES string of the molecule is O=C(OCC(=O)N1CCC[C@H]2CCCC[C@@H]21)C1=CC=CN2CCS(=O)(=O)N=C12. The van der Waals surface area contributed by atoms with Crippen molar-refractivity contribution in [3.8, 4) is 0 Å². The normalized spacial score (nSPS) is 28.6. The summed E-state index contributed by atoms with van der Waals surface area (Å²) in [4.78, 5) is 28.7. The van der Waals surface area contributed by atoms with Gasteiger partial charge in [0.05, 0.1) is 5.75 Å². The number of hydrogen-bond donors (Lipinski definition) is 0. The number of carbonyl (C=O) groups is 2. The van der Waals surface area contributed by atoms with Crippen molar-refractivity contribution in [2.45, 2.75) is 44.6 Å². The molecule has 0 aromatic heterocycles. The molecule has 4 rings (SSSR count). The molecule has 0 aromatic carbocycles. The van der Waals surface area contributed by atoms with Gasteiger partial charge in [-0.25, -0.2) is 13.2 Å². The van der Waals surface area contributed by atoms with Crippen LogP contribution in [0.4, 0.5) is 0 Å². The molecule has 0 radical (unpaired) electrons. The van der Waals surface area contributed by atoms with Gasteiger partial charge in [-0.05, 0) is 43.8 Å². The average Bonchev–Trinajstić information content (AvgIpc) is 2.70. The molecule has 2 atom stereocenters. The van der Waals surface area contributed by atoms with Gasteiger partial charge in [0.2, 0.25) is 0 Å². The Labute approximate surface area is 165 Å². The molecule has 2 fully saturated rings. The lowest BCUT2D eigenvalue weighted by atomic mass is 9.78. The van der Waals surface area contributed by atoms with Crippen LogP contribution < -0.4 is 0 Å². The minimum absolute atomic E-state index is 0.0627. The fourth-order valence-corrected chi connectivity index (χ4v) is 5.58. The Morgan fingerprint density at radius 1 is 1.14 bits per heavy atom. The number of amides is 1. The van der Waals surface area contributed by atoms with Crippen LogP contribution in [0.2, 0.25) is 0 Å². The van der Waals surface area contributed by atoms with Crippen molar-refractivity contribution >= 4 is 27.7 Å². The molecule has 0 unspecified atom stereocenters. The highest BCUT2D eigenvalue weighted by molar-refractivity contribution is 7.90. The molecule has 0 spiro atoms. The molecule has 9 heteroatoms. The van der Waals surface area contributed by atoms with E-state index in [1.807, 2.05) is 4.90 Å². The monoisotopic (exact) mass is 407 g/mol. The fourth-order valence-electron chi connectivity index (χ4n) is 4.60.